The zero-order chi connectivity index (χ0) is 35.1. The predicted molar refractivity (Wildman–Crippen MR) is 214 cm³/mol. The summed E-state index contributed by atoms with van der Waals surface area (Å²) in [5, 5.41) is 13.9. The van der Waals surface area contributed by atoms with Crippen LogP contribution in [0.25, 0.3) is 77.7 Å². The third-order valence-electron chi connectivity index (χ3n) is 10.5. The van der Waals surface area contributed by atoms with Crippen molar-refractivity contribution in [1.29, 1.82) is 0 Å². The van der Waals surface area contributed by atoms with E-state index < -0.39 is 0 Å². The average molecular weight is 865 g/mol. The number of aromatic nitrogens is 4. The zero-order valence-corrected chi connectivity index (χ0v) is 31.8. The normalized spacial score (nSPS) is 12.3. The molecule has 7 heteroatoms. The largest absolute Gasteiger partial charge is 0.507 e. The first-order valence-corrected chi connectivity index (χ1v) is 17.8. The Labute approximate surface area is 323 Å². The second-order valence-corrected chi connectivity index (χ2v) is 14.7. The number of hydrogen-bond acceptors (Lipinski definition) is 3. The number of nitrogens with zero attached hydrogens (tertiary/aromatic N) is 4. The summed E-state index contributed by atoms with van der Waals surface area (Å²) in [4.78, 5) is 10.3. The van der Waals surface area contributed by atoms with E-state index in [9.17, 15) is 5.11 Å². The molecule has 53 heavy (non-hydrogen) atoms. The van der Waals surface area contributed by atoms with Gasteiger partial charge in [-0.2, -0.15) is 0 Å². The van der Waals surface area contributed by atoms with Crippen LogP contribution in [0.5, 0.6) is 5.75 Å². The quantitative estimate of drug-likeness (QED) is 0.142. The molecule has 0 saturated carbocycles. The molecule has 0 amide bonds. The van der Waals surface area contributed by atoms with Gasteiger partial charge in [-0.15, -0.1) is 29.3 Å². The Hall–Kier alpha value is -5.71. The molecule has 0 atom stereocenters. The second-order valence-electron chi connectivity index (χ2n) is 14.7. The second kappa shape index (κ2) is 12.5. The van der Waals surface area contributed by atoms with E-state index in [2.05, 4.69) is 157 Å². The molecule has 0 spiro atoms. The summed E-state index contributed by atoms with van der Waals surface area (Å²) in [5.74, 6) is 0.966. The summed E-state index contributed by atoms with van der Waals surface area (Å²) < 4.78 is 4.69. The first-order valence-electron chi connectivity index (χ1n) is 17.8. The average Bonchev–Trinajstić information content (AvgIpc) is 3.73. The number of hydrogen-bond donors (Lipinski definition) is 1. The predicted octanol–water partition coefficient (Wildman–Crippen LogP) is 10.1. The Balaban J connectivity index is 0.00000372. The van der Waals surface area contributed by atoms with Crippen LogP contribution in [0.15, 0.2) is 146 Å². The number of para-hydroxylation sites is 2. The molecular weight excluding hydrogens is 830 g/mol. The summed E-state index contributed by atoms with van der Waals surface area (Å²) in [6.07, 6.45) is 1.88. The minimum atomic E-state index is -0.224. The standard InChI is InChI=1S/C46H34BN4O.Pt/c1-46(2,3)33-26-31(25-32(27-33)38-28-30(23-24-48-38)29-13-6-4-7-14-29)35-18-12-20-40-43(35)49-45-42-41(52)22-21-37-36-17-10-11-19-39(36)50(44(37)42)47(51(40)45)34-15-8-5-9-16-34;/h4-24,26-28,52H,1-3H3;/q-1;. The molecule has 1 aliphatic rings. The van der Waals surface area contributed by atoms with Crippen LogP contribution >= 0.6 is 0 Å². The van der Waals surface area contributed by atoms with Gasteiger partial charge in [0.2, 0.25) is 0 Å². The van der Waals surface area contributed by atoms with Crippen molar-refractivity contribution < 1.29 is 26.2 Å². The Morgan fingerprint density at radius 1 is 0.660 bits per heavy atom. The first-order chi connectivity index (χ1) is 25.3. The van der Waals surface area contributed by atoms with E-state index in [0.717, 1.165) is 83.2 Å². The Kier molecular flexibility index (Phi) is 7.80. The van der Waals surface area contributed by atoms with Gasteiger partial charge in [0.25, 0.3) is 0 Å². The third-order valence-corrected chi connectivity index (χ3v) is 10.5. The van der Waals surface area contributed by atoms with Crippen molar-refractivity contribution in [3.05, 3.63) is 157 Å². The minimum Gasteiger partial charge on any atom is -0.507 e. The van der Waals surface area contributed by atoms with Crippen LogP contribution in [0.2, 0.25) is 0 Å². The van der Waals surface area contributed by atoms with Crippen molar-refractivity contribution in [3.8, 4) is 50.6 Å². The van der Waals surface area contributed by atoms with Crippen LogP contribution in [-0.2, 0) is 26.5 Å². The molecule has 10 rings (SSSR count). The summed E-state index contributed by atoms with van der Waals surface area (Å²) in [7, 11) is 0. The molecule has 4 heterocycles. The van der Waals surface area contributed by atoms with E-state index in [-0.39, 0.29) is 39.2 Å². The van der Waals surface area contributed by atoms with Crippen molar-refractivity contribution in [1.82, 2.24) is 18.9 Å². The van der Waals surface area contributed by atoms with Crippen molar-refractivity contribution in [2.75, 3.05) is 0 Å². The smallest absolute Gasteiger partial charge is 0.421 e. The molecular formula is C46H34BN4OPt-. The molecule has 0 saturated heterocycles. The van der Waals surface area contributed by atoms with Crippen molar-refractivity contribution in [2.45, 2.75) is 26.2 Å². The van der Waals surface area contributed by atoms with Gasteiger partial charge in [0.1, 0.15) is 11.6 Å². The van der Waals surface area contributed by atoms with Gasteiger partial charge in [-0.3, -0.25) is 4.98 Å². The molecule has 0 unspecified atom stereocenters. The molecule has 6 aromatic carbocycles. The summed E-state index contributed by atoms with van der Waals surface area (Å²) >= 11 is 0. The number of rotatable bonds is 4. The molecule has 0 fully saturated rings. The van der Waals surface area contributed by atoms with Crippen molar-refractivity contribution in [2.24, 2.45) is 0 Å². The van der Waals surface area contributed by atoms with E-state index in [1.807, 2.05) is 24.4 Å². The monoisotopic (exact) mass is 864 g/mol. The molecule has 5 nitrogen and oxygen atoms in total. The Morgan fingerprint density at radius 2 is 1.38 bits per heavy atom. The molecule has 0 radical (unpaired) electrons. The SMILES string of the molecule is CC(C)(C)c1cc(-c2cc(-c3ccccc3)ccn2)[c-]c(-c2cccc3c2nc2n3B(c3ccccc3)n3c4ccccc4c4ccc(O)c-2c43)c1.[Pt]. The first kappa shape index (κ1) is 33.2. The number of pyridine rings is 1. The van der Waals surface area contributed by atoms with Crippen LogP contribution in [-0.4, -0.2) is 31.0 Å². The van der Waals surface area contributed by atoms with E-state index >= 15 is 0 Å². The third kappa shape index (κ3) is 5.19. The van der Waals surface area contributed by atoms with Crippen LogP contribution in [0.3, 0.4) is 0 Å². The van der Waals surface area contributed by atoms with Crippen LogP contribution in [0, 0.1) is 6.07 Å². The molecule has 0 aliphatic carbocycles. The van der Waals surface area contributed by atoms with Crippen LogP contribution in [0.4, 0.5) is 0 Å². The number of imidazole rings is 1. The van der Waals surface area contributed by atoms with E-state index in [1.165, 1.54) is 5.56 Å². The summed E-state index contributed by atoms with van der Waals surface area (Å²) in [6, 6.07) is 52.3. The Morgan fingerprint density at radius 3 is 2.17 bits per heavy atom. The molecule has 3 aromatic heterocycles. The number of aromatic hydroxyl groups is 1. The molecule has 0 bridgehead atoms. The molecule has 1 N–H and O–H groups in total. The van der Waals surface area contributed by atoms with E-state index in [4.69, 9.17) is 9.97 Å². The fourth-order valence-electron chi connectivity index (χ4n) is 8.03. The summed E-state index contributed by atoms with van der Waals surface area (Å²) in [5.41, 5.74) is 12.9. The van der Waals surface area contributed by atoms with Crippen LogP contribution in [0.1, 0.15) is 26.3 Å². The van der Waals surface area contributed by atoms with Crippen molar-refractivity contribution in [3.63, 3.8) is 0 Å². The van der Waals surface area contributed by atoms with Gasteiger partial charge < -0.3 is 14.1 Å². The summed E-state index contributed by atoms with van der Waals surface area (Å²) in [6.45, 7) is 6.50. The maximum Gasteiger partial charge on any atom is 0.421 e. The molecule has 9 aromatic rings. The van der Waals surface area contributed by atoms with Gasteiger partial charge in [-0.1, -0.05) is 129 Å². The van der Waals surface area contributed by atoms with Gasteiger partial charge in [-0.05, 0) is 52.3 Å². The topological polar surface area (TPSA) is 55.9 Å². The van der Waals surface area contributed by atoms with E-state index in [0.29, 0.717) is 0 Å². The number of fused-ring (bicyclic) bond motifs is 7. The molecule has 258 valence electrons. The Bertz CT molecular complexity index is 2850. The van der Waals surface area contributed by atoms with Gasteiger partial charge in [0.05, 0.1) is 22.1 Å². The van der Waals surface area contributed by atoms with Gasteiger partial charge in [0, 0.05) is 49.2 Å². The van der Waals surface area contributed by atoms with Gasteiger partial charge in [0.15, 0.2) is 0 Å². The van der Waals surface area contributed by atoms with Crippen LogP contribution < -0.4 is 5.46 Å². The van der Waals surface area contributed by atoms with Gasteiger partial charge >= 0.3 is 6.98 Å². The number of phenolic OH excluding ortho intramolecular Hbond substituents is 1. The maximum absolute atomic E-state index is 11.6. The number of benzene rings is 6. The maximum atomic E-state index is 11.6. The van der Waals surface area contributed by atoms with E-state index in [1.54, 1.807) is 0 Å². The number of phenols is 1. The minimum absolute atomic E-state index is 0. The fourth-order valence-corrected chi connectivity index (χ4v) is 8.03. The molecule has 1 aliphatic heterocycles. The van der Waals surface area contributed by atoms with Gasteiger partial charge in [-0.25, -0.2) is 4.98 Å². The zero-order valence-electron chi connectivity index (χ0n) is 29.5. The fraction of sp³-hybridized carbons (Fsp3) is 0.0870. The van der Waals surface area contributed by atoms with Crippen molar-refractivity contribution >= 4 is 45.3 Å².